The van der Waals surface area contributed by atoms with Crippen LogP contribution in [-0.4, -0.2) is 40.3 Å². The smallest absolute Gasteiger partial charge is 0.290 e. The highest BCUT2D eigenvalue weighted by molar-refractivity contribution is 5.90. The maximum Gasteiger partial charge on any atom is 0.290 e. The van der Waals surface area contributed by atoms with Crippen molar-refractivity contribution in [3.8, 4) is 5.69 Å². The van der Waals surface area contributed by atoms with Gasteiger partial charge < -0.3 is 10.6 Å². The normalized spacial score (nSPS) is 17.5. The number of nitrogens with one attached hydrogen (secondary N) is 2. The highest BCUT2D eigenvalue weighted by Gasteiger charge is 2.20. The molecule has 0 spiro atoms. The summed E-state index contributed by atoms with van der Waals surface area (Å²) in [5, 5.41) is 10.6. The standard InChI is InChI=1S/C19H26FN5O/c1-13(2)18-23-17(24-25(18)16-7-3-6-15(20)11-16)19(26)22-10-8-14-5-4-9-21-12-14/h3,6-7,11,13-14,21H,4-5,8-10,12H2,1-2H3,(H,22,26). The highest BCUT2D eigenvalue weighted by atomic mass is 19.1. The van der Waals surface area contributed by atoms with E-state index >= 15 is 0 Å². The number of nitrogens with zero attached hydrogens (tertiary/aromatic N) is 3. The third kappa shape index (κ3) is 4.46. The molecule has 1 fully saturated rings. The molecule has 0 bridgehead atoms. The second-order valence-corrected chi connectivity index (χ2v) is 7.10. The Labute approximate surface area is 153 Å². The van der Waals surface area contributed by atoms with E-state index in [2.05, 4.69) is 20.7 Å². The Morgan fingerprint density at radius 2 is 2.31 bits per heavy atom. The zero-order valence-electron chi connectivity index (χ0n) is 15.3. The Morgan fingerprint density at radius 1 is 1.46 bits per heavy atom. The number of hydrogen-bond acceptors (Lipinski definition) is 4. The summed E-state index contributed by atoms with van der Waals surface area (Å²) in [5.74, 6) is 0.788. The quantitative estimate of drug-likeness (QED) is 0.832. The van der Waals surface area contributed by atoms with Crippen molar-refractivity contribution in [3.63, 3.8) is 0 Å². The van der Waals surface area contributed by atoms with Crippen LogP contribution < -0.4 is 10.6 Å². The van der Waals surface area contributed by atoms with Crippen LogP contribution in [0.1, 0.15) is 55.5 Å². The summed E-state index contributed by atoms with van der Waals surface area (Å²) in [5.41, 5.74) is 0.563. The molecule has 1 aromatic carbocycles. The lowest BCUT2D eigenvalue weighted by molar-refractivity contribution is 0.0940. The van der Waals surface area contributed by atoms with E-state index in [0.717, 1.165) is 19.5 Å². The summed E-state index contributed by atoms with van der Waals surface area (Å²) in [6, 6.07) is 6.14. The second-order valence-electron chi connectivity index (χ2n) is 7.10. The van der Waals surface area contributed by atoms with Crippen LogP contribution >= 0.6 is 0 Å². The van der Waals surface area contributed by atoms with Crippen LogP contribution in [0, 0.1) is 11.7 Å². The molecule has 0 saturated carbocycles. The molecule has 1 saturated heterocycles. The van der Waals surface area contributed by atoms with Crippen molar-refractivity contribution in [2.45, 2.75) is 39.0 Å². The molecule has 3 rings (SSSR count). The van der Waals surface area contributed by atoms with Gasteiger partial charge in [0.1, 0.15) is 11.6 Å². The lowest BCUT2D eigenvalue weighted by Crippen LogP contribution is -2.33. The van der Waals surface area contributed by atoms with Crippen molar-refractivity contribution >= 4 is 5.91 Å². The minimum absolute atomic E-state index is 0.0561. The van der Waals surface area contributed by atoms with Crippen molar-refractivity contribution in [1.82, 2.24) is 25.4 Å². The summed E-state index contributed by atoms with van der Waals surface area (Å²) < 4.78 is 15.1. The monoisotopic (exact) mass is 359 g/mol. The number of benzene rings is 1. The number of amides is 1. The van der Waals surface area contributed by atoms with Gasteiger partial charge in [-0.2, -0.15) is 0 Å². The molecular weight excluding hydrogens is 333 g/mol. The van der Waals surface area contributed by atoms with E-state index in [1.54, 1.807) is 16.8 Å². The van der Waals surface area contributed by atoms with Gasteiger partial charge in [0.25, 0.3) is 5.91 Å². The van der Waals surface area contributed by atoms with Gasteiger partial charge >= 0.3 is 0 Å². The number of hydrogen-bond donors (Lipinski definition) is 2. The fraction of sp³-hybridized carbons (Fsp3) is 0.526. The third-order valence-electron chi connectivity index (χ3n) is 4.64. The van der Waals surface area contributed by atoms with Crippen LogP contribution in [0.5, 0.6) is 0 Å². The molecular formula is C19H26FN5O. The van der Waals surface area contributed by atoms with Gasteiger partial charge in [0.05, 0.1) is 5.69 Å². The number of carbonyl (C=O) groups is 1. The topological polar surface area (TPSA) is 71.8 Å². The van der Waals surface area contributed by atoms with Crippen LogP contribution in [0.25, 0.3) is 5.69 Å². The van der Waals surface area contributed by atoms with E-state index < -0.39 is 0 Å². The largest absolute Gasteiger partial charge is 0.349 e. The number of halogens is 1. The maximum atomic E-state index is 13.5. The van der Waals surface area contributed by atoms with Crippen molar-refractivity contribution in [2.75, 3.05) is 19.6 Å². The van der Waals surface area contributed by atoms with Gasteiger partial charge in [-0.15, -0.1) is 5.10 Å². The van der Waals surface area contributed by atoms with Crippen LogP contribution in [-0.2, 0) is 0 Å². The molecule has 0 aliphatic carbocycles. The zero-order valence-corrected chi connectivity index (χ0v) is 15.3. The second kappa shape index (κ2) is 8.40. The predicted octanol–water partition coefficient (Wildman–Crippen LogP) is 2.65. The average Bonchev–Trinajstić information content (AvgIpc) is 3.08. The van der Waals surface area contributed by atoms with E-state index in [4.69, 9.17) is 0 Å². The molecule has 1 amide bonds. The summed E-state index contributed by atoms with van der Waals surface area (Å²) in [6.07, 6.45) is 3.34. The molecule has 2 heterocycles. The molecule has 7 heteroatoms. The van der Waals surface area contributed by atoms with Gasteiger partial charge in [-0.3, -0.25) is 4.79 Å². The number of carbonyl (C=O) groups excluding carboxylic acids is 1. The van der Waals surface area contributed by atoms with Gasteiger partial charge in [0.15, 0.2) is 0 Å². The Morgan fingerprint density at radius 3 is 3.00 bits per heavy atom. The first-order valence-electron chi connectivity index (χ1n) is 9.26. The van der Waals surface area contributed by atoms with Gasteiger partial charge in [-0.05, 0) is 56.5 Å². The van der Waals surface area contributed by atoms with Crippen molar-refractivity contribution in [2.24, 2.45) is 5.92 Å². The van der Waals surface area contributed by atoms with Crippen molar-refractivity contribution < 1.29 is 9.18 Å². The highest BCUT2D eigenvalue weighted by Crippen LogP contribution is 2.18. The van der Waals surface area contributed by atoms with E-state index in [0.29, 0.717) is 24.0 Å². The summed E-state index contributed by atoms with van der Waals surface area (Å²) >= 11 is 0. The van der Waals surface area contributed by atoms with Gasteiger partial charge in [-0.1, -0.05) is 19.9 Å². The summed E-state index contributed by atoms with van der Waals surface area (Å²) in [7, 11) is 0. The molecule has 2 aromatic rings. The summed E-state index contributed by atoms with van der Waals surface area (Å²) in [4.78, 5) is 16.8. The van der Waals surface area contributed by atoms with Crippen LogP contribution in [0.2, 0.25) is 0 Å². The first-order chi connectivity index (χ1) is 12.5. The van der Waals surface area contributed by atoms with Crippen LogP contribution in [0.15, 0.2) is 24.3 Å². The molecule has 6 nitrogen and oxygen atoms in total. The third-order valence-corrected chi connectivity index (χ3v) is 4.64. The molecule has 1 unspecified atom stereocenters. The fourth-order valence-corrected chi connectivity index (χ4v) is 3.23. The molecule has 140 valence electrons. The molecule has 2 N–H and O–H groups in total. The van der Waals surface area contributed by atoms with Crippen LogP contribution in [0.4, 0.5) is 4.39 Å². The molecule has 1 aliphatic heterocycles. The Bertz CT molecular complexity index is 752. The molecule has 0 radical (unpaired) electrons. The van der Waals surface area contributed by atoms with Crippen molar-refractivity contribution in [3.05, 3.63) is 41.7 Å². The van der Waals surface area contributed by atoms with Crippen molar-refractivity contribution in [1.29, 1.82) is 0 Å². The Balaban J connectivity index is 1.69. The zero-order chi connectivity index (χ0) is 18.5. The van der Waals surface area contributed by atoms with Gasteiger partial charge in [-0.25, -0.2) is 14.1 Å². The fourth-order valence-electron chi connectivity index (χ4n) is 3.23. The number of piperidine rings is 1. The minimum Gasteiger partial charge on any atom is -0.349 e. The van der Waals surface area contributed by atoms with E-state index in [1.807, 2.05) is 13.8 Å². The maximum absolute atomic E-state index is 13.5. The molecule has 1 aromatic heterocycles. The molecule has 1 aliphatic rings. The lowest BCUT2D eigenvalue weighted by atomic mass is 9.96. The summed E-state index contributed by atoms with van der Waals surface area (Å²) in [6.45, 7) is 6.65. The van der Waals surface area contributed by atoms with E-state index in [-0.39, 0.29) is 23.5 Å². The Kier molecular flexibility index (Phi) is 5.98. The van der Waals surface area contributed by atoms with Gasteiger partial charge in [0, 0.05) is 12.5 Å². The number of aromatic nitrogens is 3. The lowest BCUT2D eigenvalue weighted by Gasteiger charge is -2.22. The van der Waals surface area contributed by atoms with Gasteiger partial charge in [0.2, 0.25) is 5.82 Å². The minimum atomic E-state index is -0.347. The first-order valence-corrected chi connectivity index (χ1v) is 9.26. The molecule has 26 heavy (non-hydrogen) atoms. The molecule has 1 atom stereocenters. The Hall–Kier alpha value is -2.28. The first kappa shape index (κ1) is 18.5. The SMILES string of the molecule is CC(C)c1nc(C(=O)NCCC2CCCNC2)nn1-c1cccc(F)c1. The van der Waals surface area contributed by atoms with E-state index in [1.165, 1.54) is 25.0 Å². The van der Waals surface area contributed by atoms with E-state index in [9.17, 15) is 9.18 Å². The van der Waals surface area contributed by atoms with Crippen LogP contribution in [0.3, 0.4) is 0 Å². The predicted molar refractivity (Wildman–Crippen MR) is 97.9 cm³/mol. The average molecular weight is 359 g/mol. The number of rotatable bonds is 6.